The number of ether oxygens (including phenoxy) is 1. The van der Waals surface area contributed by atoms with Gasteiger partial charge < -0.3 is 10.1 Å². The lowest BCUT2D eigenvalue weighted by molar-refractivity contribution is 0.0930. The van der Waals surface area contributed by atoms with Crippen LogP contribution >= 0.6 is 0 Å². The van der Waals surface area contributed by atoms with E-state index in [0.29, 0.717) is 6.54 Å². The average Bonchev–Trinajstić information content (AvgIpc) is 3.19. The smallest absolute Gasteiger partial charge is 0.271 e. The summed E-state index contributed by atoms with van der Waals surface area (Å²) in [5, 5.41) is 6.97. The molecule has 1 aromatic carbocycles. The van der Waals surface area contributed by atoms with Crippen LogP contribution in [0.15, 0.2) is 41.2 Å². The average molecular weight is 356 g/mol. The summed E-state index contributed by atoms with van der Waals surface area (Å²) < 4.78 is 6.39. The van der Waals surface area contributed by atoms with Gasteiger partial charge in [0.15, 0.2) is 0 Å². The Hall–Kier alpha value is -2.67. The van der Waals surface area contributed by atoms with Gasteiger partial charge in [-0.1, -0.05) is 12.1 Å². The molecule has 1 saturated heterocycles. The monoisotopic (exact) mass is 356 g/mol. The van der Waals surface area contributed by atoms with Crippen molar-refractivity contribution in [3.8, 4) is 5.75 Å². The van der Waals surface area contributed by atoms with E-state index in [0.717, 1.165) is 29.1 Å². The van der Waals surface area contributed by atoms with E-state index < -0.39 is 0 Å². The fourth-order valence-electron chi connectivity index (χ4n) is 3.24. The Morgan fingerprint density at radius 1 is 1.19 bits per heavy atom. The molecule has 7 nitrogen and oxygen atoms in total. The van der Waals surface area contributed by atoms with E-state index in [1.54, 1.807) is 7.11 Å². The lowest BCUT2D eigenvalue weighted by atomic mass is 10.1. The number of hydrogen-bond acceptors (Lipinski definition) is 5. The van der Waals surface area contributed by atoms with Crippen molar-refractivity contribution in [2.24, 2.45) is 7.05 Å². The number of nitrogens with zero attached hydrogens (tertiary/aromatic N) is 3. The Labute approximate surface area is 152 Å². The first-order chi connectivity index (χ1) is 12.6. The van der Waals surface area contributed by atoms with E-state index >= 15 is 0 Å². The van der Waals surface area contributed by atoms with Gasteiger partial charge in [0.05, 0.1) is 13.2 Å². The zero-order valence-corrected chi connectivity index (χ0v) is 15.1. The molecule has 0 aliphatic carbocycles. The summed E-state index contributed by atoms with van der Waals surface area (Å²) >= 11 is 0. The molecule has 1 unspecified atom stereocenters. The molecule has 138 valence electrons. The van der Waals surface area contributed by atoms with Gasteiger partial charge in [-0.25, -0.2) is 4.68 Å². The van der Waals surface area contributed by atoms with Gasteiger partial charge >= 0.3 is 0 Å². The minimum absolute atomic E-state index is 0.0971. The fourth-order valence-corrected chi connectivity index (χ4v) is 3.24. The third kappa shape index (κ3) is 4.11. The number of hydrogen-bond donors (Lipinski definition) is 1. The second-order valence-electron chi connectivity index (χ2n) is 6.42. The number of nitrogens with one attached hydrogen (secondary N) is 1. The first-order valence-electron chi connectivity index (χ1n) is 8.79. The van der Waals surface area contributed by atoms with Crippen molar-refractivity contribution < 1.29 is 9.53 Å². The van der Waals surface area contributed by atoms with Crippen LogP contribution in [0.2, 0.25) is 0 Å². The number of likely N-dealkylation sites (tertiary alicyclic amines) is 1. The van der Waals surface area contributed by atoms with E-state index in [-0.39, 0.29) is 23.2 Å². The number of benzene rings is 1. The molecule has 0 spiro atoms. The van der Waals surface area contributed by atoms with Gasteiger partial charge in [0.2, 0.25) is 0 Å². The largest absolute Gasteiger partial charge is 0.497 e. The molecule has 7 heteroatoms. The molecule has 1 fully saturated rings. The van der Waals surface area contributed by atoms with Crippen LogP contribution in [0, 0.1) is 0 Å². The summed E-state index contributed by atoms with van der Waals surface area (Å²) in [6.07, 6.45) is 2.34. The number of carbonyl (C=O) groups excluding carboxylic acids is 1. The molecule has 0 saturated carbocycles. The number of aromatic nitrogens is 2. The standard InChI is InChI=1S/C19H24N4O3/c1-22-18(24)10-9-16(21-22)19(25)20-13-17(23-11-3-4-12-23)14-5-7-15(26-2)8-6-14/h5-10,17H,3-4,11-13H2,1-2H3,(H,20,25). The quantitative estimate of drug-likeness (QED) is 0.846. The molecule has 2 aromatic rings. The van der Waals surface area contributed by atoms with Gasteiger partial charge in [-0.3, -0.25) is 14.5 Å². The highest BCUT2D eigenvalue weighted by Crippen LogP contribution is 2.26. The second-order valence-corrected chi connectivity index (χ2v) is 6.42. The van der Waals surface area contributed by atoms with Crippen LogP contribution in [0.3, 0.4) is 0 Å². The highest BCUT2D eigenvalue weighted by molar-refractivity contribution is 5.92. The summed E-state index contributed by atoms with van der Waals surface area (Å²) in [6, 6.07) is 10.9. The molecule has 26 heavy (non-hydrogen) atoms. The lowest BCUT2D eigenvalue weighted by Crippen LogP contribution is -2.37. The van der Waals surface area contributed by atoms with Gasteiger partial charge in [0, 0.05) is 19.7 Å². The molecular formula is C19H24N4O3. The van der Waals surface area contributed by atoms with E-state index in [1.165, 1.54) is 32.0 Å². The maximum absolute atomic E-state index is 12.4. The van der Waals surface area contributed by atoms with E-state index in [2.05, 4.69) is 15.3 Å². The highest BCUT2D eigenvalue weighted by Gasteiger charge is 2.24. The summed E-state index contributed by atoms with van der Waals surface area (Å²) in [5.74, 6) is 0.533. The van der Waals surface area contributed by atoms with Crippen LogP contribution < -0.4 is 15.6 Å². The van der Waals surface area contributed by atoms with Gasteiger partial charge in [0.25, 0.3) is 11.5 Å². The Balaban J connectivity index is 1.73. The highest BCUT2D eigenvalue weighted by atomic mass is 16.5. The van der Waals surface area contributed by atoms with Crippen molar-refractivity contribution in [1.82, 2.24) is 20.0 Å². The maximum atomic E-state index is 12.4. The SMILES string of the molecule is COc1ccc(C(CNC(=O)c2ccc(=O)n(C)n2)N2CCCC2)cc1. The third-order valence-corrected chi connectivity index (χ3v) is 4.73. The molecular weight excluding hydrogens is 332 g/mol. The zero-order chi connectivity index (χ0) is 18.5. The molecule has 0 bridgehead atoms. The molecule has 1 N–H and O–H groups in total. The third-order valence-electron chi connectivity index (χ3n) is 4.73. The van der Waals surface area contributed by atoms with Gasteiger partial charge in [0.1, 0.15) is 11.4 Å². The molecule has 3 rings (SSSR count). The van der Waals surface area contributed by atoms with E-state index in [9.17, 15) is 9.59 Å². The van der Waals surface area contributed by atoms with Crippen LogP contribution in [0.1, 0.15) is 34.9 Å². The van der Waals surface area contributed by atoms with E-state index in [1.807, 2.05) is 24.3 Å². The van der Waals surface area contributed by atoms with Crippen molar-refractivity contribution >= 4 is 5.91 Å². The molecule has 1 aliphatic rings. The van der Waals surface area contributed by atoms with Crippen LogP contribution in [0.5, 0.6) is 5.75 Å². The predicted octanol–water partition coefficient (Wildman–Crippen LogP) is 1.36. The number of aryl methyl sites for hydroxylation is 1. The number of rotatable bonds is 6. The molecule has 1 aromatic heterocycles. The Morgan fingerprint density at radius 2 is 1.88 bits per heavy atom. The minimum atomic E-state index is -0.279. The lowest BCUT2D eigenvalue weighted by Gasteiger charge is -2.28. The summed E-state index contributed by atoms with van der Waals surface area (Å²) in [4.78, 5) is 26.2. The number of methoxy groups -OCH3 is 1. The number of carbonyl (C=O) groups is 1. The zero-order valence-electron chi connectivity index (χ0n) is 15.1. The molecule has 1 aliphatic heterocycles. The van der Waals surface area contributed by atoms with Crippen LogP contribution in [0.25, 0.3) is 0 Å². The first-order valence-corrected chi connectivity index (χ1v) is 8.79. The van der Waals surface area contributed by atoms with E-state index in [4.69, 9.17) is 4.74 Å². The summed E-state index contributed by atoms with van der Waals surface area (Å²) in [6.45, 7) is 2.52. The van der Waals surface area contributed by atoms with Crippen LogP contribution in [0.4, 0.5) is 0 Å². The maximum Gasteiger partial charge on any atom is 0.271 e. The Bertz CT molecular complexity index is 810. The molecule has 2 heterocycles. The number of amides is 1. The Kier molecular flexibility index (Phi) is 5.68. The Morgan fingerprint density at radius 3 is 2.50 bits per heavy atom. The van der Waals surface area contributed by atoms with Crippen molar-refractivity contribution in [2.75, 3.05) is 26.7 Å². The predicted molar refractivity (Wildman–Crippen MR) is 98.4 cm³/mol. The summed E-state index contributed by atoms with van der Waals surface area (Å²) in [7, 11) is 3.18. The van der Waals surface area contributed by atoms with Gasteiger partial charge in [-0.2, -0.15) is 5.10 Å². The second kappa shape index (κ2) is 8.14. The summed E-state index contributed by atoms with van der Waals surface area (Å²) in [5.41, 5.74) is 1.14. The topological polar surface area (TPSA) is 76.5 Å². The van der Waals surface area contributed by atoms with Gasteiger partial charge in [-0.15, -0.1) is 0 Å². The van der Waals surface area contributed by atoms with Crippen molar-refractivity contribution in [3.05, 3.63) is 58.0 Å². The van der Waals surface area contributed by atoms with Crippen molar-refractivity contribution in [1.29, 1.82) is 0 Å². The first kappa shape index (κ1) is 18.1. The molecule has 1 amide bonds. The molecule has 1 atom stereocenters. The van der Waals surface area contributed by atoms with Gasteiger partial charge in [-0.05, 0) is 49.7 Å². The van der Waals surface area contributed by atoms with Crippen molar-refractivity contribution in [2.45, 2.75) is 18.9 Å². The molecule has 0 radical (unpaired) electrons. The normalized spacial score (nSPS) is 15.6. The fraction of sp³-hybridized carbons (Fsp3) is 0.421. The van der Waals surface area contributed by atoms with Crippen molar-refractivity contribution in [3.63, 3.8) is 0 Å². The minimum Gasteiger partial charge on any atom is -0.497 e. The van der Waals surface area contributed by atoms with Crippen LogP contribution in [-0.2, 0) is 7.05 Å². The van der Waals surface area contributed by atoms with Crippen LogP contribution in [-0.4, -0.2) is 47.3 Å².